The molecule has 5 nitrogen and oxygen atoms in total. The van der Waals surface area contributed by atoms with Crippen molar-refractivity contribution < 1.29 is 24.2 Å². The van der Waals surface area contributed by atoms with Crippen molar-refractivity contribution in [2.45, 2.75) is 44.5 Å². The number of esters is 2. The number of ether oxygens (including phenoxy) is 2. The summed E-state index contributed by atoms with van der Waals surface area (Å²) in [6.07, 6.45) is 3.28. The molecule has 0 amide bonds. The van der Waals surface area contributed by atoms with Crippen molar-refractivity contribution >= 4 is 11.9 Å². The molecule has 2 saturated carbocycles. The average Bonchev–Trinajstić information content (AvgIpc) is 3.16. The van der Waals surface area contributed by atoms with E-state index in [4.69, 9.17) is 9.47 Å². The minimum absolute atomic E-state index is 0.0864. The highest BCUT2D eigenvalue weighted by Crippen LogP contribution is 2.58. The minimum Gasteiger partial charge on any atom is -0.460 e. The molecule has 3 atom stereocenters. The molecule has 0 saturated heterocycles. The van der Waals surface area contributed by atoms with Crippen LogP contribution in [0.1, 0.15) is 36.8 Å². The predicted molar refractivity (Wildman–Crippen MR) is 116 cm³/mol. The van der Waals surface area contributed by atoms with Crippen molar-refractivity contribution in [3.05, 3.63) is 84.4 Å². The van der Waals surface area contributed by atoms with Gasteiger partial charge in [0.1, 0.15) is 13.2 Å². The lowest BCUT2D eigenvalue weighted by Crippen LogP contribution is -2.54. The Kier molecular flexibility index (Phi) is 5.96. The standard InChI is InChI=1S/C26H28O5/c1-2-21-16-26(22-13-14-25(21,29)15-22,23(27)30-17-19-9-5-3-6-10-19)24(28)31-18-20-11-7-4-8-12-20/h2-12,21-22,29H,1,13-18H2/t21-,22+,25+/m1/s1. The van der Waals surface area contributed by atoms with Gasteiger partial charge in [0.2, 0.25) is 0 Å². The summed E-state index contributed by atoms with van der Waals surface area (Å²) in [6.45, 7) is 4.03. The second kappa shape index (κ2) is 8.67. The van der Waals surface area contributed by atoms with Crippen LogP contribution in [0.2, 0.25) is 0 Å². The third-order valence-corrected chi connectivity index (χ3v) is 6.89. The maximum atomic E-state index is 13.5. The van der Waals surface area contributed by atoms with E-state index in [0.29, 0.717) is 19.3 Å². The molecule has 2 fully saturated rings. The fourth-order valence-corrected chi connectivity index (χ4v) is 5.11. The minimum atomic E-state index is -1.44. The number of carbonyl (C=O) groups is 2. The van der Waals surface area contributed by atoms with Crippen LogP contribution in [0.3, 0.4) is 0 Å². The monoisotopic (exact) mass is 420 g/mol. The van der Waals surface area contributed by atoms with E-state index in [-0.39, 0.29) is 31.5 Å². The summed E-state index contributed by atoms with van der Waals surface area (Å²) < 4.78 is 11.3. The molecule has 2 bridgehead atoms. The largest absolute Gasteiger partial charge is 0.460 e. The molecule has 31 heavy (non-hydrogen) atoms. The number of benzene rings is 2. The van der Waals surface area contributed by atoms with Gasteiger partial charge in [0, 0.05) is 5.92 Å². The maximum Gasteiger partial charge on any atom is 0.324 e. The van der Waals surface area contributed by atoms with Gasteiger partial charge in [-0.1, -0.05) is 66.7 Å². The summed E-state index contributed by atoms with van der Waals surface area (Å²) in [6, 6.07) is 18.8. The van der Waals surface area contributed by atoms with Gasteiger partial charge in [-0.25, -0.2) is 0 Å². The van der Waals surface area contributed by atoms with Crippen LogP contribution < -0.4 is 0 Å². The van der Waals surface area contributed by atoms with Gasteiger partial charge in [0.25, 0.3) is 0 Å². The molecule has 0 spiro atoms. The van der Waals surface area contributed by atoms with E-state index < -0.39 is 23.0 Å². The smallest absolute Gasteiger partial charge is 0.324 e. The Bertz CT molecular complexity index is 883. The fraction of sp³-hybridized carbons (Fsp3) is 0.385. The Balaban J connectivity index is 1.59. The average molecular weight is 421 g/mol. The van der Waals surface area contributed by atoms with Crippen LogP contribution in [0.5, 0.6) is 0 Å². The first-order valence-electron chi connectivity index (χ1n) is 10.8. The van der Waals surface area contributed by atoms with Crippen molar-refractivity contribution in [2.75, 3.05) is 0 Å². The molecule has 5 heteroatoms. The molecule has 2 aliphatic carbocycles. The zero-order chi connectivity index (χ0) is 21.9. The first-order valence-corrected chi connectivity index (χ1v) is 10.8. The zero-order valence-electron chi connectivity index (χ0n) is 17.5. The number of rotatable bonds is 7. The first kappa shape index (κ1) is 21.3. The summed E-state index contributed by atoms with van der Waals surface area (Å²) in [4.78, 5) is 26.9. The van der Waals surface area contributed by atoms with Crippen molar-refractivity contribution in [1.82, 2.24) is 0 Å². The molecule has 2 aromatic carbocycles. The Morgan fingerprint density at radius 3 is 1.94 bits per heavy atom. The number of hydrogen-bond acceptors (Lipinski definition) is 5. The Morgan fingerprint density at radius 1 is 0.935 bits per heavy atom. The summed E-state index contributed by atoms with van der Waals surface area (Å²) in [5.74, 6) is -1.84. The zero-order valence-corrected chi connectivity index (χ0v) is 17.5. The topological polar surface area (TPSA) is 72.8 Å². The number of carbonyl (C=O) groups excluding carboxylic acids is 2. The molecule has 2 aromatic rings. The third-order valence-electron chi connectivity index (χ3n) is 6.89. The molecule has 0 radical (unpaired) electrons. The van der Waals surface area contributed by atoms with Gasteiger partial charge < -0.3 is 14.6 Å². The van der Waals surface area contributed by atoms with Crippen LogP contribution in [-0.2, 0) is 32.3 Å². The number of fused-ring (bicyclic) bond motifs is 2. The van der Waals surface area contributed by atoms with E-state index in [1.54, 1.807) is 6.08 Å². The molecule has 4 rings (SSSR count). The van der Waals surface area contributed by atoms with Gasteiger partial charge in [-0.15, -0.1) is 6.58 Å². The Labute approximate surface area is 182 Å². The van der Waals surface area contributed by atoms with E-state index in [2.05, 4.69) is 6.58 Å². The van der Waals surface area contributed by atoms with Crippen LogP contribution in [0.15, 0.2) is 73.3 Å². The van der Waals surface area contributed by atoms with E-state index in [0.717, 1.165) is 11.1 Å². The SMILES string of the molecule is C=C[C@@H]1CC(C(=O)OCc2ccccc2)(C(=O)OCc2ccccc2)[C@H]2CC[C@]1(O)C2. The molecular formula is C26H28O5. The molecule has 1 N–H and O–H groups in total. The fourth-order valence-electron chi connectivity index (χ4n) is 5.11. The summed E-state index contributed by atoms with van der Waals surface area (Å²) >= 11 is 0. The molecule has 162 valence electrons. The maximum absolute atomic E-state index is 13.5. The van der Waals surface area contributed by atoms with Crippen LogP contribution >= 0.6 is 0 Å². The lowest BCUT2D eigenvalue weighted by Gasteiger charge is -2.44. The number of hydrogen-bond donors (Lipinski definition) is 1. The van der Waals surface area contributed by atoms with Gasteiger partial charge in [-0.05, 0) is 42.7 Å². The van der Waals surface area contributed by atoms with Gasteiger partial charge >= 0.3 is 11.9 Å². The third kappa shape index (κ3) is 4.02. The predicted octanol–water partition coefficient (Wildman–Crippen LogP) is 4.20. The quantitative estimate of drug-likeness (QED) is 0.413. The Hall–Kier alpha value is -2.92. The molecule has 2 aliphatic rings. The van der Waals surface area contributed by atoms with E-state index in [1.807, 2.05) is 60.7 Å². The van der Waals surface area contributed by atoms with Crippen LogP contribution in [0, 0.1) is 17.3 Å². The lowest BCUT2D eigenvalue weighted by atomic mass is 9.61. The van der Waals surface area contributed by atoms with Crippen molar-refractivity contribution in [3.8, 4) is 0 Å². The number of aliphatic hydroxyl groups is 1. The van der Waals surface area contributed by atoms with Gasteiger partial charge in [-0.2, -0.15) is 0 Å². The summed E-state index contributed by atoms with van der Waals surface area (Å²) in [5, 5.41) is 11.0. The van der Waals surface area contributed by atoms with Crippen molar-refractivity contribution in [3.63, 3.8) is 0 Å². The van der Waals surface area contributed by atoms with E-state index in [1.165, 1.54) is 0 Å². The highest BCUT2D eigenvalue weighted by atomic mass is 16.6. The van der Waals surface area contributed by atoms with Crippen molar-refractivity contribution in [1.29, 1.82) is 0 Å². The van der Waals surface area contributed by atoms with Crippen LogP contribution in [0.4, 0.5) is 0 Å². The van der Waals surface area contributed by atoms with Gasteiger partial charge in [-0.3, -0.25) is 9.59 Å². The molecule has 0 aliphatic heterocycles. The first-order chi connectivity index (χ1) is 15.0. The van der Waals surface area contributed by atoms with E-state index in [9.17, 15) is 14.7 Å². The van der Waals surface area contributed by atoms with E-state index >= 15 is 0 Å². The second-order valence-electron chi connectivity index (χ2n) is 8.68. The second-order valence-corrected chi connectivity index (χ2v) is 8.68. The molecule has 0 heterocycles. The summed E-state index contributed by atoms with van der Waals surface area (Å²) in [5.41, 5.74) is -0.661. The molecule has 0 aromatic heterocycles. The van der Waals surface area contributed by atoms with Gasteiger partial charge in [0.15, 0.2) is 5.41 Å². The van der Waals surface area contributed by atoms with Crippen LogP contribution in [-0.4, -0.2) is 22.6 Å². The lowest BCUT2D eigenvalue weighted by molar-refractivity contribution is -0.186. The van der Waals surface area contributed by atoms with Gasteiger partial charge in [0.05, 0.1) is 5.60 Å². The molecule has 0 unspecified atom stereocenters. The highest BCUT2D eigenvalue weighted by molar-refractivity contribution is 6.01. The van der Waals surface area contributed by atoms with Crippen LogP contribution in [0.25, 0.3) is 0 Å². The summed E-state index contributed by atoms with van der Waals surface area (Å²) in [7, 11) is 0. The normalized spacial score (nSPS) is 26.1. The van der Waals surface area contributed by atoms with Crippen molar-refractivity contribution in [2.24, 2.45) is 17.3 Å². The molecular weight excluding hydrogens is 392 g/mol. The Morgan fingerprint density at radius 2 is 1.45 bits per heavy atom. The highest BCUT2D eigenvalue weighted by Gasteiger charge is 2.65.